The molecule has 19 heavy (non-hydrogen) atoms. The fraction of sp³-hybridized carbons (Fsp3) is 0.167. The Hall–Kier alpha value is -2.21. The molecule has 0 aliphatic carbocycles. The van der Waals surface area contributed by atoms with Crippen molar-refractivity contribution in [2.45, 2.75) is 0 Å². The Morgan fingerprint density at radius 1 is 1.16 bits per heavy atom. The molecule has 1 aromatic heterocycles. The van der Waals surface area contributed by atoms with Crippen LogP contribution in [0.5, 0.6) is 11.5 Å². The van der Waals surface area contributed by atoms with E-state index in [0.717, 1.165) is 5.69 Å². The third-order valence-electron chi connectivity index (χ3n) is 2.48. The average molecular weight is 281 g/mol. The molecule has 100 valence electrons. The summed E-state index contributed by atoms with van der Waals surface area (Å²) in [4.78, 5) is 7.82. The topological polar surface area (TPSA) is 82.3 Å². The number of nitrogens with zero attached hydrogens (tertiary/aromatic N) is 2. The molecule has 0 fully saturated rings. The van der Waals surface area contributed by atoms with Crippen LogP contribution in [0.25, 0.3) is 0 Å². The molecule has 1 heterocycles. The van der Waals surface area contributed by atoms with Crippen molar-refractivity contribution in [3.8, 4) is 11.5 Å². The van der Waals surface area contributed by atoms with Crippen molar-refractivity contribution in [2.75, 3.05) is 25.3 Å². The van der Waals surface area contributed by atoms with E-state index in [-0.39, 0.29) is 5.15 Å². The fourth-order valence-electron chi connectivity index (χ4n) is 1.52. The number of anilines is 3. The van der Waals surface area contributed by atoms with Gasteiger partial charge < -0.3 is 20.5 Å². The highest BCUT2D eigenvalue weighted by Crippen LogP contribution is 2.32. The van der Waals surface area contributed by atoms with E-state index in [2.05, 4.69) is 15.3 Å². The Morgan fingerprint density at radius 2 is 1.89 bits per heavy atom. The summed E-state index contributed by atoms with van der Waals surface area (Å²) in [5.41, 5.74) is 6.82. The van der Waals surface area contributed by atoms with Crippen LogP contribution in [0.15, 0.2) is 24.5 Å². The molecule has 1 aromatic carbocycles. The van der Waals surface area contributed by atoms with Gasteiger partial charge in [-0.05, 0) is 12.1 Å². The zero-order valence-electron chi connectivity index (χ0n) is 10.5. The molecule has 0 unspecified atom stereocenters. The summed E-state index contributed by atoms with van der Waals surface area (Å²) in [6.45, 7) is 0. The van der Waals surface area contributed by atoms with E-state index < -0.39 is 0 Å². The van der Waals surface area contributed by atoms with Gasteiger partial charge in [-0.25, -0.2) is 9.97 Å². The summed E-state index contributed by atoms with van der Waals surface area (Å²) in [6, 6.07) is 5.37. The molecule has 7 heteroatoms. The minimum atomic E-state index is 0.206. The minimum absolute atomic E-state index is 0.206. The SMILES string of the molecule is COc1ccc(Nc2ncnc(Cl)c2N)cc1OC. The van der Waals surface area contributed by atoms with Gasteiger partial charge in [-0.15, -0.1) is 0 Å². The van der Waals surface area contributed by atoms with Gasteiger partial charge in [0.25, 0.3) is 0 Å². The van der Waals surface area contributed by atoms with E-state index in [1.807, 2.05) is 6.07 Å². The van der Waals surface area contributed by atoms with Crippen LogP contribution in [0.4, 0.5) is 17.2 Å². The lowest BCUT2D eigenvalue weighted by Gasteiger charge is -2.12. The Balaban J connectivity index is 2.31. The normalized spacial score (nSPS) is 10.1. The van der Waals surface area contributed by atoms with Crippen molar-refractivity contribution < 1.29 is 9.47 Å². The van der Waals surface area contributed by atoms with E-state index in [1.165, 1.54) is 6.33 Å². The molecule has 0 saturated carbocycles. The molecule has 0 radical (unpaired) electrons. The minimum Gasteiger partial charge on any atom is -0.493 e. The lowest BCUT2D eigenvalue weighted by molar-refractivity contribution is 0.355. The van der Waals surface area contributed by atoms with Gasteiger partial charge in [0.2, 0.25) is 0 Å². The maximum atomic E-state index is 5.83. The quantitative estimate of drug-likeness (QED) is 0.837. The maximum Gasteiger partial charge on any atom is 0.162 e. The number of nitrogen functional groups attached to an aromatic ring is 1. The number of nitrogens with two attached hydrogens (primary N) is 1. The first-order valence-electron chi connectivity index (χ1n) is 5.40. The van der Waals surface area contributed by atoms with Crippen molar-refractivity contribution in [1.82, 2.24) is 9.97 Å². The molecule has 0 aliphatic rings. The summed E-state index contributed by atoms with van der Waals surface area (Å²) in [6.07, 6.45) is 1.34. The summed E-state index contributed by atoms with van der Waals surface area (Å²) >= 11 is 5.83. The molecule has 0 atom stereocenters. The molecule has 6 nitrogen and oxygen atoms in total. The Morgan fingerprint density at radius 3 is 2.58 bits per heavy atom. The predicted molar refractivity (Wildman–Crippen MR) is 74.3 cm³/mol. The summed E-state index contributed by atoms with van der Waals surface area (Å²) in [7, 11) is 3.14. The van der Waals surface area contributed by atoms with Gasteiger partial charge in [0.15, 0.2) is 22.5 Å². The van der Waals surface area contributed by atoms with Crippen LogP contribution in [0.3, 0.4) is 0 Å². The van der Waals surface area contributed by atoms with E-state index in [0.29, 0.717) is 23.0 Å². The van der Waals surface area contributed by atoms with Crippen molar-refractivity contribution >= 4 is 28.8 Å². The maximum absolute atomic E-state index is 5.83. The highest BCUT2D eigenvalue weighted by molar-refractivity contribution is 6.32. The highest BCUT2D eigenvalue weighted by atomic mass is 35.5. The zero-order chi connectivity index (χ0) is 13.8. The molecule has 2 aromatic rings. The molecule has 0 saturated heterocycles. The number of aromatic nitrogens is 2. The Kier molecular flexibility index (Phi) is 3.91. The average Bonchev–Trinajstić information content (AvgIpc) is 2.43. The third kappa shape index (κ3) is 2.79. The number of nitrogens with one attached hydrogen (secondary N) is 1. The Bertz CT molecular complexity index is 592. The van der Waals surface area contributed by atoms with Crippen molar-refractivity contribution in [2.24, 2.45) is 0 Å². The first-order chi connectivity index (χ1) is 9.15. The van der Waals surface area contributed by atoms with E-state index >= 15 is 0 Å². The summed E-state index contributed by atoms with van der Waals surface area (Å²) in [5.74, 6) is 1.68. The lowest BCUT2D eigenvalue weighted by Crippen LogP contribution is -2.01. The van der Waals surface area contributed by atoms with Crippen LogP contribution in [0.2, 0.25) is 5.15 Å². The molecule has 0 bridgehead atoms. The highest BCUT2D eigenvalue weighted by Gasteiger charge is 2.08. The summed E-state index contributed by atoms with van der Waals surface area (Å²) < 4.78 is 10.4. The number of rotatable bonds is 4. The number of benzene rings is 1. The molecular weight excluding hydrogens is 268 g/mol. The second kappa shape index (κ2) is 5.62. The standard InChI is InChI=1S/C12H13ClN4O2/c1-18-8-4-3-7(5-9(8)19-2)17-12-10(14)11(13)15-6-16-12/h3-6H,14H2,1-2H3,(H,15,16,17). The van der Waals surface area contributed by atoms with Crippen LogP contribution >= 0.6 is 11.6 Å². The molecule has 3 N–H and O–H groups in total. The third-order valence-corrected chi connectivity index (χ3v) is 2.78. The molecule has 0 aliphatic heterocycles. The molecule has 0 amide bonds. The van der Waals surface area contributed by atoms with Gasteiger partial charge >= 0.3 is 0 Å². The van der Waals surface area contributed by atoms with Crippen LogP contribution in [-0.4, -0.2) is 24.2 Å². The van der Waals surface area contributed by atoms with Crippen molar-refractivity contribution in [3.63, 3.8) is 0 Å². The second-order valence-electron chi connectivity index (χ2n) is 3.62. The Labute approximate surface area is 115 Å². The predicted octanol–water partition coefficient (Wildman–Crippen LogP) is 2.47. The van der Waals surface area contributed by atoms with Gasteiger partial charge in [-0.3, -0.25) is 0 Å². The van der Waals surface area contributed by atoms with Gasteiger partial charge in [-0.2, -0.15) is 0 Å². The monoisotopic (exact) mass is 280 g/mol. The first-order valence-corrected chi connectivity index (χ1v) is 5.78. The van der Waals surface area contributed by atoms with E-state index in [9.17, 15) is 0 Å². The number of methoxy groups -OCH3 is 2. The smallest absolute Gasteiger partial charge is 0.162 e. The largest absolute Gasteiger partial charge is 0.493 e. The van der Waals surface area contributed by atoms with Gasteiger partial charge in [0, 0.05) is 11.8 Å². The molecular formula is C12H13ClN4O2. The van der Waals surface area contributed by atoms with Crippen LogP contribution < -0.4 is 20.5 Å². The molecule has 0 spiro atoms. The number of halogens is 1. The first kappa shape index (κ1) is 13.2. The number of ether oxygens (including phenoxy) is 2. The fourth-order valence-corrected chi connectivity index (χ4v) is 1.66. The van der Waals surface area contributed by atoms with E-state index in [4.69, 9.17) is 26.8 Å². The summed E-state index contributed by atoms with van der Waals surface area (Å²) in [5, 5.41) is 3.25. The van der Waals surface area contributed by atoms with E-state index in [1.54, 1.807) is 26.4 Å². The van der Waals surface area contributed by atoms with Crippen LogP contribution in [-0.2, 0) is 0 Å². The number of hydrogen-bond acceptors (Lipinski definition) is 6. The van der Waals surface area contributed by atoms with Gasteiger partial charge in [0.05, 0.1) is 14.2 Å². The molecule has 2 rings (SSSR count). The van der Waals surface area contributed by atoms with Crippen molar-refractivity contribution in [3.05, 3.63) is 29.7 Å². The number of hydrogen-bond donors (Lipinski definition) is 2. The van der Waals surface area contributed by atoms with Crippen LogP contribution in [0, 0.1) is 0 Å². The lowest BCUT2D eigenvalue weighted by atomic mass is 10.2. The van der Waals surface area contributed by atoms with Gasteiger partial charge in [0.1, 0.15) is 12.0 Å². The van der Waals surface area contributed by atoms with Gasteiger partial charge in [-0.1, -0.05) is 11.6 Å². The second-order valence-corrected chi connectivity index (χ2v) is 3.98. The zero-order valence-corrected chi connectivity index (χ0v) is 11.2. The van der Waals surface area contributed by atoms with Crippen molar-refractivity contribution in [1.29, 1.82) is 0 Å². The van der Waals surface area contributed by atoms with Crippen LogP contribution in [0.1, 0.15) is 0 Å².